The van der Waals surface area contributed by atoms with Crippen LogP contribution in [0.1, 0.15) is 50.3 Å². The molecule has 0 spiro atoms. The van der Waals surface area contributed by atoms with Gasteiger partial charge in [0.1, 0.15) is 0 Å². The highest BCUT2D eigenvalue weighted by Gasteiger charge is 2.21. The molecule has 1 heterocycles. The Morgan fingerprint density at radius 2 is 2.06 bits per heavy atom. The molecule has 0 atom stereocenters. The van der Waals surface area contributed by atoms with Gasteiger partial charge in [-0.15, -0.1) is 10.2 Å². The van der Waals surface area contributed by atoms with Gasteiger partial charge in [-0.2, -0.15) is 0 Å². The van der Waals surface area contributed by atoms with Crippen LogP contribution in [0.15, 0.2) is 0 Å². The van der Waals surface area contributed by atoms with Crippen molar-refractivity contribution in [1.29, 1.82) is 0 Å². The Balaban J connectivity index is 2.72. The van der Waals surface area contributed by atoms with E-state index in [1.807, 2.05) is 18.7 Å². The lowest BCUT2D eigenvalue weighted by Gasteiger charge is -2.24. The van der Waals surface area contributed by atoms with Gasteiger partial charge in [0.05, 0.1) is 0 Å². The zero-order valence-electron chi connectivity index (χ0n) is 11.6. The molecule has 5 nitrogen and oxygen atoms in total. The van der Waals surface area contributed by atoms with Crippen molar-refractivity contribution in [2.24, 2.45) is 0 Å². The summed E-state index contributed by atoms with van der Waals surface area (Å²) in [6.45, 7) is 9.80. The fourth-order valence-electron chi connectivity index (χ4n) is 1.57. The van der Waals surface area contributed by atoms with Gasteiger partial charge in [-0.05, 0) is 26.7 Å². The Hall–Kier alpha value is -1.17. The molecule has 0 fully saturated rings. The van der Waals surface area contributed by atoms with E-state index in [1.54, 1.807) is 0 Å². The molecule has 0 aliphatic rings. The van der Waals surface area contributed by atoms with Crippen molar-refractivity contribution in [2.75, 3.05) is 18.4 Å². The van der Waals surface area contributed by atoms with Crippen LogP contribution < -0.4 is 5.32 Å². The monoisotopic (exact) mass is 270 g/mol. The molecule has 102 valence electrons. The van der Waals surface area contributed by atoms with Gasteiger partial charge in [-0.1, -0.05) is 25.2 Å². The number of aromatic nitrogens is 2. The summed E-state index contributed by atoms with van der Waals surface area (Å²) in [5.41, 5.74) is 0. The maximum Gasteiger partial charge on any atom is 0.285 e. The Morgan fingerprint density at radius 1 is 1.33 bits per heavy atom. The summed E-state index contributed by atoms with van der Waals surface area (Å²) in [4.78, 5) is 14.1. The summed E-state index contributed by atoms with van der Waals surface area (Å²) < 4.78 is 0. The quantitative estimate of drug-likeness (QED) is 0.827. The average molecular weight is 270 g/mol. The van der Waals surface area contributed by atoms with E-state index in [4.69, 9.17) is 0 Å². The number of anilines is 1. The second kappa shape index (κ2) is 7.31. The number of rotatable bonds is 7. The number of nitrogens with one attached hydrogen (secondary N) is 1. The van der Waals surface area contributed by atoms with Crippen molar-refractivity contribution < 1.29 is 4.79 Å². The fourth-order valence-corrected chi connectivity index (χ4v) is 2.30. The van der Waals surface area contributed by atoms with Crippen LogP contribution in [0.25, 0.3) is 0 Å². The minimum absolute atomic E-state index is 0.0195. The molecule has 1 aromatic rings. The van der Waals surface area contributed by atoms with Crippen LogP contribution in [0.3, 0.4) is 0 Å². The standard InChI is InChI=1S/C12H22N4OS/c1-5-7-13-12-15-14-10(18-12)11(17)16(8-6-2)9(3)4/h9H,5-8H2,1-4H3,(H,13,15). The number of carbonyl (C=O) groups is 1. The van der Waals surface area contributed by atoms with Crippen LogP contribution in [0.5, 0.6) is 0 Å². The van der Waals surface area contributed by atoms with E-state index in [0.29, 0.717) is 5.01 Å². The first kappa shape index (κ1) is 14.9. The number of hydrogen-bond donors (Lipinski definition) is 1. The number of carbonyl (C=O) groups excluding carboxylic acids is 1. The van der Waals surface area contributed by atoms with Gasteiger partial charge in [0.2, 0.25) is 10.1 Å². The highest BCUT2D eigenvalue weighted by molar-refractivity contribution is 7.17. The molecule has 0 radical (unpaired) electrons. The third-order valence-electron chi connectivity index (χ3n) is 2.48. The zero-order chi connectivity index (χ0) is 13.5. The minimum atomic E-state index is -0.0195. The molecule has 0 aliphatic carbocycles. The smallest absolute Gasteiger partial charge is 0.285 e. The van der Waals surface area contributed by atoms with E-state index in [9.17, 15) is 4.79 Å². The first-order valence-corrected chi connectivity index (χ1v) is 7.30. The van der Waals surface area contributed by atoms with Gasteiger partial charge in [-0.25, -0.2) is 0 Å². The zero-order valence-corrected chi connectivity index (χ0v) is 12.4. The van der Waals surface area contributed by atoms with Crippen LogP contribution in [0, 0.1) is 0 Å². The second-order valence-corrected chi connectivity index (χ2v) is 5.41. The predicted molar refractivity (Wildman–Crippen MR) is 75.2 cm³/mol. The number of hydrogen-bond acceptors (Lipinski definition) is 5. The lowest BCUT2D eigenvalue weighted by atomic mass is 10.3. The SMILES string of the molecule is CCCNc1nnc(C(=O)N(CCC)C(C)C)s1. The lowest BCUT2D eigenvalue weighted by molar-refractivity contribution is 0.0704. The normalized spacial score (nSPS) is 10.7. The number of amides is 1. The highest BCUT2D eigenvalue weighted by Crippen LogP contribution is 2.18. The first-order valence-electron chi connectivity index (χ1n) is 6.48. The summed E-state index contributed by atoms with van der Waals surface area (Å²) in [6, 6.07) is 0.188. The maximum absolute atomic E-state index is 12.3. The lowest BCUT2D eigenvalue weighted by Crippen LogP contribution is -2.37. The Kier molecular flexibility index (Phi) is 6.04. The molecule has 0 bridgehead atoms. The summed E-state index contributed by atoms with van der Waals surface area (Å²) in [5.74, 6) is -0.0195. The fraction of sp³-hybridized carbons (Fsp3) is 0.750. The van der Waals surface area contributed by atoms with E-state index in [1.165, 1.54) is 11.3 Å². The van der Waals surface area contributed by atoms with Crippen molar-refractivity contribution in [3.05, 3.63) is 5.01 Å². The average Bonchev–Trinajstić information content (AvgIpc) is 2.81. The second-order valence-electron chi connectivity index (χ2n) is 4.43. The highest BCUT2D eigenvalue weighted by atomic mass is 32.1. The van der Waals surface area contributed by atoms with Crippen LogP contribution in [-0.4, -0.2) is 40.1 Å². The van der Waals surface area contributed by atoms with E-state index in [-0.39, 0.29) is 11.9 Å². The molecule has 0 saturated heterocycles. The maximum atomic E-state index is 12.3. The molecule has 0 unspecified atom stereocenters. The topological polar surface area (TPSA) is 58.1 Å². The molecule has 1 amide bonds. The van der Waals surface area contributed by atoms with Crippen LogP contribution >= 0.6 is 11.3 Å². The van der Waals surface area contributed by atoms with Crippen molar-refractivity contribution in [2.45, 2.75) is 46.6 Å². The van der Waals surface area contributed by atoms with E-state index >= 15 is 0 Å². The molecule has 18 heavy (non-hydrogen) atoms. The molecular formula is C12H22N4OS. The molecular weight excluding hydrogens is 248 g/mol. The van der Waals surface area contributed by atoms with Gasteiger partial charge < -0.3 is 10.2 Å². The summed E-state index contributed by atoms with van der Waals surface area (Å²) in [6.07, 6.45) is 1.97. The van der Waals surface area contributed by atoms with Crippen LogP contribution in [-0.2, 0) is 0 Å². The third-order valence-corrected chi connectivity index (χ3v) is 3.35. The Bertz CT molecular complexity index is 378. The number of nitrogens with zero attached hydrogens (tertiary/aromatic N) is 3. The van der Waals surface area contributed by atoms with Gasteiger partial charge in [0, 0.05) is 19.1 Å². The minimum Gasteiger partial charge on any atom is -0.360 e. The van der Waals surface area contributed by atoms with E-state index < -0.39 is 0 Å². The Morgan fingerprint density at radius 3 is 2.61 bits per heavy atom. The molecule has 1 aromatic heterocycles. The summed E-state index contributed by atoms with van der Waals surface area (Å²) in [5, 5.41) is 12.3. The first-order chi connectivity index (χ1) is 8.60. The molecule has 1 rings (SSSR count). The van der Waals surface area contributed by atoms with Crippen molar-refractivity contribution in [3.8, 4) is 0 Å². The molecule has 6 heteroatoms. The Labute approximate surface area is 113 Å². The molecule has 0 aromatic carbocycles. The molecule has 1 N–H and O–H groups in total. The third kappa shape index (κ3) is 3.94. The summed E-state index contributed by atoms with van der Waals surface area (Å²) >= 11 is 1.33. The van der Waals surface area contributed by atoms with Crippen molar-refractivity contribution in [3.63, 3.8) is 0 Å². The predicted octanol–water partition coefficient (Wildman–Crippen LogP) is 2.62. The van der Waals surface area contributed by atoms with Gasteiger partial charge >= 0.3 is 0 Å². The summed E-state index contributed by atoms with van der Waals surface area (Å²) in [7, 11) is 0. The van der Waals surface area contributed by atoms with Gasteiger partial charge in [0.25, 0.3) is 5.91 Å². The van der Waals surface area contributed by atoms with Crippen LogP contribution in [0.2, 0.25) is 0 Å². The van der Waals surface area contributed by atoms with Gasteiger partial charge in [-0.3, -0.25) is 4.79 Å². The van der Waals surface area contributed by atoms with Crippen LogP contribution in [0.4, 0.5) is 5.13 Å². The van der Waals surface area contributed by atoms with Gasteiger partial charge in [0.15, 0.2) is 0 Å². The van der Waals surface area contributed by atoms with E-state index in [2.05, 4.69) is 29.4 Å². The van der Waals surface area contributed by atoms with Crippen molar-refractivity contribution in [1.82, 2.24) is 15.1 Å². The largest absolute Gasteiger partial charge is 0.360 e. The molecule has 0 saturated carbocycles. The van der Waals surface area contributed by atoms with E-state index in [0.717, 1.165) is 31.1 Å². The molecule has 0 aliphatic heterocycles. The van der Waals surface area contributed by atoms with Crippen molar-refractivity contribution >= 4 is 22.4 Å².